The van der Waals surface area contributed by atoms with E-state index in [9.17, 15) is 14.7 Å². The Morgan fingerprint density at radius 1 is 0.943 bits per heavy atom. The van der Waals surface area contributed by atoms with Crippen LogP contribution in [0.5, 0.6) is 5.75 Å². The molecule has 3 aromatic rings. The molecule has 7 nitrogen and oxygen atoms in total. The number of urea groups is 1. The first-order valence-corrected chi connectivity index (χ1v) is 11.8. The van der Waals surface area contributed by atoms with Gasteiger partial charge in [-0.2, -0.15) is 0 Å². The molecular formula is C27H30ClN3O4. The van der Waals surface area contributed by atoms with E-state index in [2.05, 4.69) is 16.0 Å². The molecule has 0 fully saturated rings. The molecule has 35 heavy (non-hydrogen) atoms. The number of aliphatic hydroxyl groups excluding tert-OH is 1. The molecule has 1 atom stereocenters. The number of aliphatic hydroxyl groups is 1. The maximum atomic E-state index is 12.8. The van der Waals surface area contributed by atoms with Crippen LogP contribution < -0.4 is 20.7 Å². The lowest BCUT2D eigenvalue weighted by atomic mass is 10.0. The molecule has 0 radical (unpaired) electrons. The lowest BCUT2D eigenvalue weighted by Gasteiger charge is -2.19. The van der Waals surface area contributed by atoms with Crippen molar-refractivity contribution >= 4 is 34.9 Å². The van der Waals surface area contributed by atoms with Gasteiger partial charge >= 0.3 is 6.03 Å². The quantitative estimate of drug-likeness (QED) is 0.298. The van der Waals surface area contributed by atoms with Gasteiger partial charge in [-0.3, -0.25) is 4.79 Å². The fourth-order valence-corrected chi connectivity index (χ4v) is 3.69. The number of amides is 3. The molecule has 0 saturated heterocycles. The first-order valence-electron chi connectivity index (χ1n) is 11.4. The Kier molecular flexibility index (Phi) is 9.52. The molecule has 0 aliphatic heterocycles. The van der Waals surface area contributed by atoms with Gasteiger partial charge in [0.15, 0.2) is 0 Å². The van der Waals surface area contributed by atoms with Crippen molar-refractivity contribution in [3.8, 4) is 5.75 Å². The van der Waals surface area contributed by atoms with E-state index >= 15 is 0 Å². The zero-order valence-corrected chi connectivity index (χ0v) is 20.5. The minimum atomic E-state index is -0.335. The van der Waals surface area contributed by atoms with E-state index in [-0.39, 0.29) is 30.7 Å². The molecular weight excluding hydrogens is 466 g/mol. The predicted octanol–water partition coefficient (Wildman–Crippen LogP) is 5.49. The fraction of sp³-hybridized carbons (Fsp3) is 0.259. The lowest BCUT2D eigenvalue weighted by molar-refractivity contribution is 0.0930. The average Bonchev–Trinajstić information content (AvgIpc) is 2.82. The van der Waals surface area contributed by atoms with Gasteiger partial charge in [0.1, 0.15) is 5.75 Å². The largest absolute Gasteiger partial charge is 0.489 e. The van der Waals surface area contributed by atoms with Gasteiger partial charge in [0, 0.05) is 29.6 Å². The normalized spacial score (nSPS) is 11.6. The summed E-state index contributed by atoms with van der Waals surface area (Å²) in [5, 5.41) is 18.4. The summed E-state index contributed by atoms with van der Waals surface area (Å²) in [6, 6.07) is 20.8. The Morgan fingerprint density at radius 3 is 2.20 bits per heavy atom. The minimum Gasteiger partial charge on any atom is -0.489 e. The molecule has 3 aromatic carbocycles. The molecule has 0 heterocycles. The number of para-hydroxylation sites is 1. The lowest BCUT2D eigenvalue weighted by Crippen LogP contribution is -2.37. The third-order valence-corrected chi connectivity index (χ3v) is 5.39. The Morgan fingerprint density at radius 2 is 1.60 bits per heavy atom. The first-order chi connectivity index (χ1) is 16.8. The van der Waals surface area contributed by atoms with Crippen LogP contribution in [-0.2, 0) is 6.42 Å². The Hall–Kier alpha value is -3.55. The van der Waals surface area contributed by atoms with E-state index in [1.54, 1.807) is 42.5 Å². The summed E-state index contributed by atoms with van der Waals surface area (Å²) in [4.78, 5) is 25.0. The van der Waals surface area contributed by atoms with Crippen LogP contribution >= 0.6 is 11.6 Å². The van der Waals surface area contributed by atoms with E-state index in [0.29, 0.717) is 40.6 Å². The van der Waals surface area contributed by atoms with Crippen LogP contribution in [0, 0.1) is 0 Å². The molecule has 0 bridgehead atoms. The summed E-state index contributed by atoms with van der Waals surface area (Å²) < 4.78 is 5.61. The highest BCUT2D eigenvalue weighted by Crippen LogP contribution is 2.26. The monoisotopic (exact) mass is 495 g/mol. The van der Waals surface area contributed by atoms with Crippen LogP contribution in [0.3, 0.4) is 0 Å². The molecule has 0 aliphatic carbocycles. The molecule has 1 unspecified atom stereocenters. The van der Waals surface area contributed by atoms with E-state index in [1.807, 2.05) is 44.2 Å². The zero-order chi connectivity index (χ0) is 25.2. The van der Waals surface area contributed by atoms with Gasteiger partial charge in [0.05, 0.1) is 11.1 Å². The van der Waals surface area contributed by atoms with Crippen LogP contribution in [0.1, 0.15) is 36.2 Å². The number of benzene rings is 3. The summed E-state index contributed by atoms with van der Waals surface area (Å²) >= 11 is 6.26. The Bertz CT molecular complexity index is 1120. The number of rotatable bonds is 10. The fourth-order valence-electron chi connectivity index (χ4n) is 3.47. The number of nitrogens with one attached hydrogen (secondary N) is 3. The number of hydrogen-bond donors (Lipinski definition) is 4. The molecule has 4 N–H and O–H groups in total. The van der Waals surface area contributed by atoms with E-state index in [4.69, 9.17) is 16.3 Å². The smallest absolute Gasteiger partial charge is 0.323 e. The molecule has 3 rings (SSSR count). The van der Waals surface area contributed by atoms with Crippen LogP contribution in [-0.4, -0.2) is 35.8 Å². The second-order valence-electron chi connectivity index (χ2n) is 8.34. The molecule has 0 saturated carbocycles. The van der Waals surface area contributed by atoms with E-state index in [0.717, 1.165) is 5.56 Å². The summed E-state index contributed by atoms with van der Waals surface area (Å²) in [6.45, 7) is 3.74. The minimum absolute atomic E-state index is 0.0269. The summed E-state index contributed by atoms with van der Waals surface area (Å²) in [6.07, 6.45) is 0.888. The molecule has 0 aliphatic rings. The van der Waals surface area contributed by atoms with Crippen molar-refractivity contribution in [3.05, 3.63) is 88.9 Å². The van der Waals surface area contributed by atoms with Crippen molar-refractivity contribution in [2.75, 3.05) is 17.2 Å². The van der Waals surface area contributed by atoms with E-state index in [1.165, 1.54) is 0 Å². The Labute approximate surface area is 210 Å². The maximum Gasteiger partial charge on any atom is 0.323 e. The molecule has 0 spiro atoms. The summed E-state index contributed by atoms with van der Waals surface area (Å²) in [7, 11) is 0. The molecule has 8 heteroatoms. The second-order valence-corrected chi connectivity index (χ2v) is 8.75. The van der Waals surface area contributed by atoms with Gasteiger partial charge < -0.3 is 25.8 Å². The standard InChI is InChI=1S/C27H30ClN3O4/c1-18(2)35-25-13-10-20(17-24(25)28)26(33)29-23(14-15-32)16-19-8-11-22(12-9-19)31-27(34)30-21-6-4-3-5-7-21/h3-13,17-18,23,32H,14-16H2,1-2H3,(H,29,33)(H2,30,31,34). The number of hydrogen-bond acceptors (Lipinski definition) is 4. The van der Waals surface area contributed by atoms with Gasteiger partial charge in [-0.25, -0.2) is 4.79 Å². The van der Waals surface area contributed by atoms with Crippen LogP contribution in [0.15, 0.2) is 72.8 Å². The summed E-state index contributed by atoms with van der Waals surface area (Å²) in [5.74, 6) is 0.244. The Balaban J connectivity index is 1.58. The number of carbonyl (C=O) groups excluding carboxylic acids is 2. The molecule has 0 aromatic heterocycles. The van der Waals surface area contributed by atoms with Crippen molar-refractivity contribution in [2.45, 2.75) is 38.8 Å². The highest BCUT2D eigenvalue weighted by Gasteiger charge is 2.16. The van der Waals surface area contributed by atoms with Gasteiger partial charge in [-0.1, -0.05) is 41.9 Å². The highest BCUT2D eigenvalue weighted by molar-refractivity contribution is 6.32. The van der Waals surface area contributed by atoms with Gasteiger partial charge in [-0.05, 0) is 74.7 Å². The van der Waals surface area contributed by atoms with Gasteiger partial charge in [0.25, 0.3) is 5.91 Å². The van der Waals surface area contributed by atoms with Gasteiger partial charge in [-0.15, -0.1) is 0 Å². The number of anilines is 2. The van der Waals surface area contributed by atoms with Gasteiger partial charge in [0.2, 0.25) is 0 Å². The topological polar surface area (TPSA) is 99.7 Å². The molecule has 3 amide bonds. The highest BCUT2D eigenvalue weighted by atomic mass is 35.5. The first kappa shape index (κ1) is 26.1. The van der Waals surface area contributed by atoms with Crippen molar-refractivity contribution in [2.24, 2.45) is 0 Å². The van der Waals surface area contributed by atoms with Crippen molar-refractivity contribution in [3.63, 3.8) is 0 Å². The summed E-state index contributed by atoms with van der Waals surface area (Å²) in [5.41, 5.74) is 2.71. The number of ether oxygens (including phenoxy) is 1. The predicted molar refractivity (Wildman–Crippen MR) is 139 cm³/mol. The number of halogens is 1. The van der Waals surface area contributed by atoms with Crippen LogP contribution in [0.25, 0.3) is 0 Å². The number of carbonyl (C=O) groups is 2. The third kappa shape index (κ3) is 8.31. The van der Waals surface area contributed by atoms with Crippen molar-refractivity contribution in [1.82, 2.24) is 5.32 Å². The maximum absolute atomic E-state index is 12.8. The third-order valence-electron chi connectivity index (χ3n) is 5.10. The van der Waals surface area contributed by atoms with E-state index < -0.39 is 0 Å². The van der Waals surface area contributed by atoms with Crippen LogP contribution in [0.4, 0.5) is 16.2 Å². The van der Waals surface area contributed by atoms with Crippen molar-refractivity contribution < 1.29 is 19.4 Å². The second kappa shape index (κ2) is 12.8. The average molecular weight is 496 g/mol. The molecule has 184 valence electrons. The SMILES string of the molecule is CC(C)Oc1ccc(C(=O)NC(CCO)Cc2ccc(NC(=O)Nc3ccccc3)cc2)cc1Cl. The van der Waals surface area contributed by atoms with Crippen LogP contribution in [0.2, 0.25) is 5.02 Å². The zero-order valence-electron chi connectivity index (χ0n) is 19.8. The van der Waals surface area contributed by atoms with Crippen molar-refractivity contribution in [1.29, 1.82) is 0 Å².